The van der Waals surface area contributed by atoms with E-state index in [1.165, 1.54) is 6.92 Å². The van der Waals surface area contributed by atoms with E-state index in [0.29, 0.717) is 0 Å². The highest BCUT2D eigenvalue weighted by Gasteiger charge is 2.47. The third-order valence-electron chi connectivity index (χ3n) is 5.20. The molecule has 2 heterocycles. The Morgan fingerprint density at radius 1 is 0.742 bits per heavy atom. The van der Waals surface area contributed by atoms with Crippen molar-refractivity contribution < 1.29 is 64.9 Å². The maximum atomic E-state index is 10.2. The summed E-state index contributed by atoms with van der Waals surface area (Å²) in [6.45, 7) is 0.975. The van der Waals surface area contributed by atoms with Crippen molar-refractivity contribution >= 4 is 0 Å². The highest BCUT2D eigenvalue weighted by molar-refractivity contribution is 5.53. The number of aliphatic hydroxyl groups is 6. The molecule has 31 heavy (non-hydrogen) atoms. The van der Waals surface area contributed by atoms with E-state index in [-0.39, 0.29) is 5.75 Å². The molecule has 13 nitrogen and oxygen atoms in total. The van der Waals surface area contributed by atoms with Crippen LogP contribution in [0.25, 0.3) is 0 Å². The third-order valence-corrected chi connectivity index (χ3v) is 5.20. The first-order valence-electron chi connectivity index (χ1n) is 9.43. The molecule has 3 rings (SSSR count). The van der Waals surface area contributed by atoms with E-state index in [4.69, 9.17) is 18.9 Å². The minimum atomic E-state index is -1.74. The highest BCUT2D eigenvalue weighted by Crippen LogP contribution is 2.39. The van der Waals surface area contributed by atoms with E-state index in [0.717, 1.165) is 12.1 Å². The number of rotatable bonds is 5. The third kappa shape index (κ3) is 4.79. The second-order valence-electron chi connectivity index (χ2n) is 7.46. The van der Waals surface area contributed by atoms with E-state index in [2.05, 4.69) is 0 Å². The van der Waals surface area contributed by atoms with Crippen LogP contribution in [-0.4, -0.2) is 114 Å². The van der Waals surface area contributed by atoms with E-state index in [1.54, 1.807) is 0 Å². The van der Waals surface area contributed by atoms with Gasteiger partial charge in [0.1, 0.15) is 48.5 Å². The molecule has 2 fully saturated rings. The molecular weight excluding hydrogens is 424 g/mol. The number of hydrogen-bond donors (Lipinski definition) is 9. The van der Waals surface area contributed by atoms with E-state index in [9.17, 15) is 46.0 Å². The molecule has 0 radical (unpaired) electrons. The van der Waals surface area contributed by atoms with Crippen molar-refractivity contribution in [2.75, 3.05) is 6.61 Å². The molecule has 0 amide bonds. The molecule has 0 saturated carbocycles. The zero-order valence-corrected chi connectivity index (χ0v) is 16.3. The predicted octanol–water partition coefficient (Wildman–Crippen LogP) is -3.17. The van der Waals surface area contributed by atoms with Crippen LogP contribution in [0.5, 0.6) is 23.0 Å². The normalized spacial score (nSPS) is 41.1. The van der Waals surface area contributed by atoms with Gasteiger partial charge in [0.05, 0.1) is 12.7 Å². The lowest BCUT2D eigenvalue weighted by atomic mass is 9.98. The van der Waals surface area contributed by atoms with Crippen molar-refractivity contribution in [1.29, 1.82) is 0 Å². The lowest BCUT2D eigenvalue weighted by Gasteiger charge is -2.42. The maximum Gasteiger partial charge on any atom is 0.229 e. The van der Waals surface area contributed by atoms with Gasteiger partial charge in [0.2, 0.25) is 12.0 Å². The van der Waals surface area contributed by atoms with Gasteiger partial charge in [-0.05, 0) is 6.92 Å². The average Bonchev–Trinajstić information content (AvgIpc) is 2.73. The number of aliphatic hydroxyl groups excluding tert-OH is 6. The van der Waals surface area contributed by atoms with Gasteiger partial charge < -0.3 is 64.9 Å². The Hall–Kier alpha value is -1.94. The molecule has 0 aromatic heterocycles. The molecule has 2 aliphatic heterocycles. The van der Waals surface area contributed by atoms with Crippen molar-refractivity contribution in [2.24, 2.45) is 0 Å². The molecule has 0 aliphatic carbocycles. The zero-order valence-electron chi connectivity index (χ0n) is 16.3. The van der Waals surface area contributed by atoms with Crippen molar-refractivity contribution in [3.8, 4) is 23.0 Å². The van der Waals surface area contributed by atoms with Crippen LogP contribution in [-0.2, 0) is 14.2 Å². The number of phenolic OH excluding ortho intramolecular Hbond substituents is 3. The quantitative estimate of drug-likeness (QED) is 0.202. The molecule has 9 N–H and O–H groups in total. The van der Waals surface area contributed by atoms with Crippen molar-refractivity contribution in [1.82, 2.24) is 0 Å². The van der Waals surface area contributed by atoms with Crippen LogP contribution in [0.4, 0.5) is 0 Å². The van der Waals surface area contributed by atoms with Gasteiger partial charge in [-0.1, -0.05) is 0 Å². The number of aromatic hydroxyl groups is 3. The number of benzene rings is 1. The summed E-state index contributed by atoms with van der Waals surface area (Å²) in [6.07, 6.45) is -14.7. The Morgan fingerprint density at radius 3 is 1.90 bits per heavy atom. The summed E-state index contributed by atoms with van der Waals surface area (Å²) in [7, 11) is 0. The van der Waals surface area contributed by atoms with Crippen LogP contribution >= 0.6 is 0 Å². The topological polar surface area (TPSA) is 219 Å². The minimum absolute atomic E-state index is 0.225. The Morgan fingerprint density at radius 2 is 1.29 bits per heavy atom. The fourth-order valence-corrected chi connectivity index (χ4v) is 3.27. The van der Waals surface area contributed by atoms with Gasteiger partial charge in [-0.25, -0.2) is 0 Å². The summed E-state index contributed by atoms with van der Waals surface area (Å²) in [5, 5.41) is 88.5. The van der Waals surface area contributed by atoms with Crippen LogP contribution in [0, 0.1) is 0 Å². The number of phenols is 3. The fourth-order valence-electron chi connectivity index (χ4n) is 3.27. The summed E-state index contributed by atoms with van der Waals surface area (Å²) in [4.78, 5) is 0. The summed E-state index contributed by atoms with van der Waals surface area (Å²) in [5.41, 5.74) is 0. The lowest BCUT2D eigenvalue weighted by molar-refractivity contribution is -0.318. The highest BCUT2D eigenvalue weighted by atomic mass is 16.7. The first kappa shape index (κ1) is 23.7. The summed E-state index contributed by atoms with van der Waals surface area (Å²) >= 11 is 0. The monoisotopic (exact) mass is 450 g/mol. The Bertz CT molecular complexity index is 737. The molecule has 2 aliphatic rings. The largest absolute Gasteiger partial charge is 0.504 e. The Kier molecular flexibility index (Phi) is 7.10. The van der Waals surface area contributed by atoms with Crippen LogP contribution in [0.1, 0.15) is 6.92 Å². The van der Waals surface area contributed by atoms with Gasteiger partial charge in [0, 0.05) is 12.1 Å². The van der Waals surface area contributed by atoms with Gasteiger partial charge in [0.25, 0.3) is 0 Å². The molecule has 1 aromatic carbocycles. The molecule has 13 heteroatoms. The van der Waals surface area contributed by atoms with Crippen LogP contribution in [0.2, 0.25) is 0 Å². The molecule has 176 valence electrons. The van der Waals surface area contributed by atoms with E-state index < -0.39 is 85.3 Å². The fraction of sp³-hybridized carbons (Fsp3) is 0.667. The van der Waals surface area contributed by atoms with Crippen molar-refractivity contribution in [3.05, 3.63) is 12.1 Å². The molecule has 10 atom stereocenters. The second kappa shape index (κ2) is 9.28. The van der Waals surface area contributed by atoms with Gasteiger partial charge >= 0.3 is 0 Å². The van der Waals surface area contributed by atoms with Crippen molar-refractivity contribution in [3.63, 3.8) is 0 Å². The molecule has 2 saturated heterocycles. The van der Waals surface area contributed by atoms with Crippen LogP contribution < -0.4 is 4.74 Å². The standard InChI is InChI=1S/C18H26O13/c1-5-10(21)13(24)15(26)17(29-5)28-4-9-12(23)14(25)16(27)18(31-9)30-6-2-7(19)11(22)8(20)3-6/h2-3,5,9-10,12-27H,4H2,1H3/t5-,9+,10-,12+,13+,14-,15+,16+,17+,18+/m0/s1. The van der Waals surface area contributed by atoms with Gasteiger partial charge in [-0.3, -0.25) is 0 Å². The summed E-state index contributed by atoms with van der Waals surface area (Å²) < 4.78 is 21.3. The first-order valence-corrected chi connectivity index (χ1v) is 9.43. The predicted molar refractivity (Wildman–Crippen MR) is 97.1 cm³/mol. The van der Waals surface area contributed by atoms with Crippen LogP contribution in [0.3, 0.4) is 0 Å². The van der Waals surface area contributed by atoms with Crippen molar-refractivity contribution in [2.45, 2.75) is 68.3 Å². The summed E-state index contributed by atoms with van der Waals surface area (Å²) in [6, 6.07) is 1.85. The average molecular weight is 450 g/mol. The van der Waals surface area contributed by atoms with E-state index in [1.807, 2.05) is 0 Å². The smallest absolute Gasteiger partial charge is 0.229 e. The maximum absolute atomic E-state index is 10.2. The van der Waals surface area contributed by atoms with Gasteiger partial charge in [-0.2, -0.15) is 0 Å². The molecule has 0 spiro atoms. The Balaban J connectivity index is 1.67. The van der Waals surface area contributed by atoms with Gasteiger partial charge in [-0.15, -0.1) is 0 Å². The molecule has 0 unspecified atom stereocenters. The number of ether oxygens (including phenoxy) is 4. The van der Waals surface area contributed by atoms with E-state index >= 15 is 0 Å². The van der Waals surface area contributed by atoms with Gasteiger partial charge in [0.15, 0.2) is 17.8 Å². The Labute approximate surface area is 175 Å². The molecule has 1 aromatic rings. The zero-order chi connectivity index (χ0) is 23.0. The van der Waals surface area contributed by atoms with Crippen LogP contribution in [0.15, 0.2) is 12.1 Å². The second-order valence-corrected chi connectivity index (χ2v) is 7.46. The number of hydrogen-bond acceptors (Lipinski definition) is 13. The molecular formula is C18H26O13. The lowest BCUT2D eigenvalue weighted by Crippen LogP contribution is -2.61. The SMILES string of the molecule is C[C@@H]1O[C@@H](OC[C@H]2O[C@@H](Oc3cc(O)c(O)c(O)c3)[C@H](O)[C@@H](O)[C@@H]2O)[C@H](O)[C@H](O)[C@H]1O. The molecule has 0 bridgehead atoms. The first-order chi connectivity index (χ1) is 14.5. The summed E-state index contributed by atoms with van der Waals surface area (Å²) in [5.74, 6) is -2.43. The minimum Gasteiger partial charge on any atom is -0.504 e.